The second-order valence-corrected chi connectivity index (χ2v) is 8.40. The van der Waals surface area contributed by atoms with Crippen molar-refractivity contribution < 1.29 is 9.53 Å². The number of ether oxygens (including phenoxy) is 1. The maximum absolute atomic E-state index is 12.8. The lowest BCUT2D eigenvalue weighted by Gasteiger charge is -2.28. The standard InChI is InChI=1S/C20H25ClN2O2S/c1-14(2)23(20(24)15-6-3-4-7-15)11-17-13-26-19(22-17)12-25-18-9-5-8-16(21)10-18/h5,8-10,13-15H,3-4,6-7,11-12H2,1-2H3. The van der Waals surface area contributed by atoms with E-state index in [0.29, 0.717) is 18.2 Å². The van der Waals surface area contributed by atoms with Crippen LogP contribution in [-0.2, 0) is 17.9 Å². The van der Waals surface area contributed by atoms with Crippen LogP contribution in [0, 0.1) is 5.92 Å². The molecule has 0 N–H and O–H groups in total. The van der Waals surface area contributed by atoms with Crippen LogP contribution in [0.4, 0.5) is 0 Å². The molecule has 6 heteroatoms. The van der Waals surface area contributed by atoms with Gasteiger partial charge in [-0.25, -0.2) is 4.98 Å². The molecule has 0 unspecified atom stereocenters. The van der Waals surface area contributed by atoms with Gasteiger partial charge >= 0.3 is 0 Å². The van der Waals surface area contributed by atoms with Gasteiger partial charge in [0.1, 0.15) is 17.4 Å². The number of benzene rings is 1. The van der Waals surface area contributed by atoms with Crippen LogP contribution in [0.15, 0.2) is 29.6 Å². The highest BCUT2D eigenvalue weighted by Crippen LogP contribution is 2.28. The first-order chi connectivity index (χ1) is 12.5. The van der Waals surface area contributed by atoms with E-state index in [1.165, 1.54) is 12.8 Å². The third-order valence-electron chi connectivity index (χ3n) is 4.70. The van der Waals surface area contributed by atoms with Gasteiger partial charge in [-0.2, -0.15) is 0 Å². The molecule has 0 saturated heterocycles. The first-order valence-corrected chi connectivity index (χ1v) is 10.4. The average molecular weight is 393 g/mol. The maximum Gasteiger partial charge on any atom is 0.226 e. The molecule has 1 amide bonds. The third-order valence-corrected chi connectivity index (χ3v) is 5.81. The predicted molar refractivity (Wildman–Crippen MR) is 106 cm³/mol. The summed E-state index contributed by atoms with van der Waals surface area (Å²) in [6.07, 6.45) is 4.39. The van der Waals surface area contributed by atoms with Crippen molar-refractivity contribution in [1.29, 1.82) is 0 Å². The number of thiazole rings is 1. The van der Waals surface area contributed by atoms with E-state index in [1.54, 1.807) is 17.4 Å². The van der Waals surface area contributed by atoms with E-state index in [9.17, 15) is 4.79 Å². The highest BCUT2D eigenvalue weighted by molar-refractivity contribution is 7.09. The minimum absolute atomic E-state index is 0.177. The molecule has 140 valence electrons. The Hall–Kier alpha value is -1.59. The Kier molecular flexibility index (Phi) is 6.54. The van der Waals surface area contributed by atoms with Crippen molar-refractivity contribution in [3.63, 3.8) is 0 Å². The van der Waals surface area contributed by atoms with Gasteiger partial charge in [0.05, 0.1) is 12.2 Å². The summed E-state index contributed by atoms with van der Waals surface area (Å²) in [5.74, 6) is 1.21. The summed E-state index contributed by atoms with van der Waals surface area (Å²) in [5, 5.41) is 3.57. The van der Waals surface area contributed by atoms with E-state index in [4.69, 9.17) is 16.3 Å². The molecule has 4 nitrogen and oxygen atoms in total. The van der Waals surface area contributed by atoms with E-state index in [-0.39, 0.29) is 17.9 Å². The van der Waals surface area contributed by atoms with E-state index >= 15 is 0 Å². The summed E-state index contributed by atoms with van der Waals surface area (Å²) in [7, 11) is 0. The van der Waals surface area contributed by atoms with Gasteiger partial charge in [0.25, 0.3) is 0 Å². The van der Waals surface area contributed by atoms with Crippen LogP contribution < -0.4 is 4.74 Å². The van der Waals surface area contributed by atoms with E-state index < -0.39 is 0 Å². The monoisotopic (exact) mass is 392 g/mol. The smallest absolute Gasteiger partial charge is 0.226 e. The molecule has 2 aromatic rings. The second kappa shape index (κ2) is 8.87. The number of amides is 1. The maximum atomic E-state index is 12.8. The molecule has 26 heavy (non-hydrogen) atoms. The Morgan fingerprint density at radius 3 is 2.85 bits per heavy atom. The van der Waals surface area contributed by atoms with Crippen LogP contribution in [0.1, 0.15) is 50.2 Å². The first kappa shape index (κ1) is 19.2. The van der Waals surface area contributed by atoms with Crippen molar-refractivity contribution in [3.8, 4) is 5.75 Å². The molecule has 0 atom stereocenters. The molecule has 0 spiro atoms. The van der Waals surface area contributed by atoms with Gasteiger partial charge in [0, 0.05) is 22.4 Å². The molecule has 1 aromatic carbocycles. The molecule has 0 aliphatic heterocycles. The fraction of sp³-hybridized carbons (Fsp3) is 0.500. The number of carbonyl (C=O) groups is 1. The molecule has 1 heterocycles. The molecule has 0 radical (unpaired) electrons. The lowest BCUT2D eigenvalue weighted by molar-refractivity contribution is -0.137. The number of carbonyl (C=O) groups excluding carboxylic acids is 1. The van der Waals surface area contributed by atoms with Gasteiger partial charge in [-0.05, 0) is 44.9 Å². The molecule has 1 aliphatic rings. The molecule has 1 fully saturated rings. The van der Waals surface area contributed by atoms with Crippen LogP contribution in [0.3, 0.4) is 0 Å². The quantitative estimate of drug-likeness (QED) is 0.641. The van der Waals surface area contributed by atoms with E-state index in [0.717, 1.165) is 29.3 Å². The van der Waals surface area contributed by atoms with Crippen molar-refractivity contribution in [2.45, 2.75) is 58.7 Å². The number of hydrogen-bond donors (Lipinski definition) is 0. The highest BCUT2D eigenvalue weighted by atomic mass is 35.5. The summed E-state index contributed by atoms with van der Waals surface area (Å²) in [5.41, 5.74) is 0.930. The number of halogens is 1. The van der Waals surface area contributed by atoms with Crippen LogP contribution in [0.5, 0.6) is 5.75 Å². The average Bonchev–Trinajstić information content (AvgIpc) is 3.29. The zero-order valence-corrected chi connectivity index (χ0v) is 16.9. The zero-order chi connectivity index (χ0) is 18.5. The van der Waals surface area contributed by atoms with Crippen LogP contribution in [0.2, 0.25) is 5.02 Å². The zero-order valence-electron chi connectivity index (χ0n) is 15.3. The van der Waals surface area contributed by atoms with Crippen molar-refractivity contribution in [3.05, 3.63) is 45.4 Å². The number of nitrogens with zero attached hydrogens (tertiary/aromatic N) is 2. The van der Waals surface area contributed by atoms with Crippen molar-refractivity contribution in [1.82, 2.24) is 9.88 Å². The Morgan fingerprint density at radius 1 is 1.38 bits per heavy atom. The molecule has 1 aliphatic carbocycles. The molecule has 3 rings (SSSR count). The third kappa shape index (κ3) is 4.98. The Bertz CT molecular complexity index is 741. The lowest BCUT2D eigenvalue weighted by Crippen LogP contribution is -2.39. The topological polar surface area (TPSA) is 42.4 Å². The molecule has 1 saturated carbocycles. The number of hydrogen-bond acceptors (Lipinski definition) is 4. The first-order valence-electron chi connectivity index (χ1n) is 9.15. The molecular weight excluding hydrogens is 368 g/mol. The van der Waals surface area contributed by atoms with Gasteiger partial charge in [-0.3, -0.25) is 4.79 Å². The summed E-state index contributed by atoms with van der Waals surface area (Å²) in [6, 6.07) is 7.52. The van der Waals surface area contributed by atoms with E-state index in [2.05, 4.69) is 18.8 Å². The van der Waals surface area contributed by atoms with Gasteiger partial charge in [-0.1, -0.05) is 30.5 Å². The van der Waals surface area contributed by atoms with Crippen molar-refractivity contribution in [2.75, 3.05) is 0 Å². The molecule has 0 bridgehead atoms. The van der Waals surface area contributed by atoms with Gasteiger partial charge in [0.15, 0.2) is 0 Å². The Balaban J connectivity index is 1.59. The van der Waals surface area contributed by atoms with E-state index in [1.807, 2.05) is 28.5 Å². The van der Waals surface area contributed by atoms with Crippen LogP contribution in [-0.4, -0.2) is 21.8 Å². The number of rotatable bonds is 7. The van der Waals surface area contributed by atoms with Crippen LogP contribution >= 0.6 is 22.9 Å². The number of aromatic nitrogens is 1. The second-order valence-electron chi connectivity index (χ2n) is 7.02. The molecule has 1 aromatic heterocycles. The Labute approximate surface area is 164 Å². The van der Waals surface area contributed by atoms with Gasteiger partial charge in [-0.15, -0.1) is 11.3 Å². The van der Waals surface area contributed by atoms with Gasteiger partial charge < -0.3 is 9.64 Å². The summed E-state index contributed by atoms with van der Waals surface area (Å²) < 4.78 is 5.75. The normalized spacial score (nSPS) is 14.8. The van der Waals surface area contributed by atoms with Gasteiger partial charge in [0.2, 0.25) is 5.91 Å². The fourth-order valence-electron chi connectivity index (χ4n) is 3.29. The molecular formula is C20H25ClN2O2S. The largest absolute Gasteiger partial charge is 0.486 e. The van der Waals surface area contributed by atoms with Crippen LogP contribution in [0.25, 0.3) is 0 Å². The summed E-state index contributed by atoms with van der Waals surface area (Å²) in [6.45, 7) is 5.12. The Morgan fingerprint density at radius 2 is 2.15 bits per heavy atom. The SMILES string of the molecule is CC(C)N(Cc1csc(COc2cccc(Cl)c2)n1)C(=O)C1CCCC1. The van der Waals surface area contributed by atoms with Crippen molar-refractivity contribution >= 4 is 28.8 Å². The lowest BCUT2D eigenvalue weighted by atomic mass is 10.1. The van der Waals surface area contributed by atoms with Crippen molar-refractivity contribution in [2.24, 2.45) is 5.92 Å². The minimum Gasteiger partial charge on any atom is -0.486 e. The fourth-order valence-corrected chi connectivity index (χ4v) is 4.16. The highest BCUT2D eigenvalue weighted by Gasteiger charge is 2.29. The summed E-state index contributed by atoms with van der Waals surface area (Å²) in [4.78, 5) is 19.4. The summed E-state index contributed by atoms with van der Waals surface area (Å²) >= 11 is 7.53. The minimum atomic E-state index is 0.177. The predicted octanol–water partition coefficient (Wildman–Crippen LogP) is 5.30.